The molecule has 1 aliphatic heterocycles. The van der Waals surface area contributed by atoms with E-state index in [1.165, 1.54) is 17.2 Å². The number of nitrogens with zero attached hydrogens (tertiary/aromatic N) is 1. The number of carbonyl (C=O) groups is 2. The Morgan fingerprint density at radius 1 is 1.27 bits per heavy atom. The monoisotopic (exact) mass is 488 g/mol. The van der Waals surface area contributed by atoms with Gasteiger partial charge in [0, 0.05) is 12.3 Å². The van der Waals surface area contributed by atoms with Crippen molar-refractivity contribution in [2.75, 3.05) is 31.7 Å². The molecular weight excluding hydrogens is 465 g/mol. The Bertz CT molecular complexity index is 931. The van der Waals surface area contributed by atoms with Crippen LogP contribution >= 0.6 is 11.6 Å². The van der Waals surface area contributed by atoms with Crippen molar-refractivity contribution in [3.63, 3.8) is 0 Å². The summed E-state index contributed by atoms with van der Waals surface area (Å²) in [6.07, 6.45) is -1.26. The van der Waals surface area contributed by atoms with Crippen molar-refractivity contribution in [1.82, 2.24) is 4.90 Å². The lowest BCUT2D eigenvalue weighted by Crippen LogP contribution is -2.38. The van der Waals surface area contributed by atoms with Gasteiger partial charge in [0.2, 0.25) is 11.8 Å². The predicted octanol–water partition coefficient (Wildman–Crippen LogP) is 4.50. The van der Waals surface area contributed by atoms with Crippen molar-refractivity contribution in [2.24, 2.45) is 0 Å². The first-order valence-electron chi connectivity index (χ1n) is 10.4. The Morgan fingerprint density at radius 2 is 2.09 bits per heavy atom. The molecule has 180 valence electrons. The summed E-state index contributed by atoms with van der Waals surface area (Å²) in [7, 11) is 0. The number of amides is 2. The molecule has 7 nitrogen and oxygen atoms in total. The minimum absolute atomic E-state index is 0.0272. The molecule has 1 aromatic heterocycles. The first kappa shape index (κ1) is 25.1. The smallest absolute Gasteiger partial charge is 0.417 e. The second kappa shape index (κ2) is 11.5. The van der Waals surface area contributed by atoms with Crippen LogP contribution in [0.15, 0.2) is 41.0 Å². The number of rotatable bonds is 10. The van der Waals surface area contributed by atoms with Crippen LogP contribution in [0.1, 0.15) is 30.6 Å². The fourth-order valence-electron chi connectivity index (χ4n) is 3.33. The number of alkyl halides is 3. The maximum Gasteiger partial charge on any atom is 0.417 e. The van der Waals surface area contributed by atoms with Crippen molar-refractivity contribution in [3.8, 4) is 0 Å². The van der Waals surface area contributed by atoms with Gasteiger partial charge in [-0.3, -0.25) is 9.59 Å². The van der Waals surface area contributed by atoms with Crippen LogP contribution in [0.4, 0.5) is 18.9 Å². The van der Waals surface area contributed by atoms with E-state index >= 15 is 0 Å². The molecule has 0 aliphatic carbocycles. The Hall–Kier alpha value is -2.56. The molecular formula is C22H24ClF3N2O5. The van der Waals surface area contributed by atoms with Crippen molar-refractivity contribution < 1.29 is 36.7 Å². The highest BCUT2D eigenvalue weighted by atomic mass is 35.5. The summed E-state index contributed by atoms with van der Waals surface area (Å²) in [4.78, 5) is 26.5. The van der Waals surface area contributed by atoms with Crippen LogP contribution in [0.2, 0.25) is 5.02 Å². The zero-order valence-electron chi connectivity index (χ0n) is 17.7. The second-order valence-electron chi connectivity index (χ2n) is 7.53. The summed E-state index contributed by atoms with van der Waals surface area (Å²) in [5.41, 5.74) is -1.14. The molecule has 1 fully saturated rings. The van der Waals surface area contributed by atoms with Gasteiger partial charge in [0.1, 0.15) is 12.3 Å². The average Bonchev–Trinajstić information content (AvgIpc) is 3.45. The molecule has 1 aromatic carbocycles. The zero-order chi connectivity index (χ0) is 23.8. The zero-order valence-corrected chi connectivity index (χ0v) is 18.5. The molecule has 0 radical (unpaired) electrons. The van der Waals surface area contributed by atoms with Crippen molar-refractivity contribution >= 4 is 29.1 Å². The standard InChI is InChI=1S/C22H24ClF3N2O5/c23-19-6-5-15(11-18(19)22(24,25)26)27-20(29)13-28(12-16-3-1-8-32-16)21(30)7-10-31-14-17-4-2-9-33-17/h1,3,5-6,8,11,17H,2,4,7,9-10,12-14H2,(H,27,29). The van der Waals surface area contributed by atoms with Crippen molar-refractivity contribution in [2.45, 2.75) is 38.1 Å². The molecule has 0 spiro atoms. The maximum absolute atomic E-state index is 13.1. The molecule has 1 saturated heterocycles. The van der Waals surface area contributed by atoms with Gasteiger partial charge in [-0.15, -0.1) is 0 Å². The lowest BCUT2D eigenvalue weighted by atomic mass is 10.2. The van der Waals surface area contributed by atoms with Crippen molar-refractivity contribution in [3.05, 3.63) is 52.9 Å². The third-order valence-corrected chi connectivity index (χ3v) is 5.29. The van der Waals surface area contributed by atoms with Gasteiger partial charge in [-0.25, -0.2) is 0 Å². The minimum atomic E-state index is -4.66. The van der Waals surface area contributed by atoms with Gasteiger partial charge in [0.15, 0.2) is 0 Å². The summed E-state index contributed by atoms with van der Waals surface area (Å²) < 4.78 is 55.4. The number of furan rings is 1. The van der Waals surface area contributed by atoms with Crippen LogP contribution in [0.25, 0.3) is 0 Å². The molecule has 0 saturated carbocycles. The van der Waals surface area contributed by atoms with E-state index in [-0.39, 0.29) is 43.8 Å². The number of hydrogen-bond donors (Lipinski definition) is 1. The average molecular weight is 489 g/mol. The SMILES string of the molecule is O=C(CN(Cc1ccco1)C(=O)CCOCC1CCCO1)Nc1ccc(Cl)c(C(F)(F)F)c1. The lowest BCUT2D eigenvalue weighted by molar-refractivity contribution is -0.137. The van der Waals surface area contributed by atoms with Gasteiger partial charge in [-0.05, 0) is 43.2 Å². The van der Waals surface area contributed by atoms with Crippen molar-refractivity contribution in [1.29, 1.82) is 0 Å². The number of hydrogen-bond acceptors (Lipinski definition) is 5. The van der Waals surface area contributed by atoms with Crippen LogP contribution < -0.4 is 5.32 Å². The molecule has 1 aliphatic rings. The van der Waals surface area contributed by atoms with Crippen LogP contribution in [0.5, 0.6) is 0 Å². The van der Waals surface area contributed by atoms with E-state index in [0.29, 0.717) is 19.0 Å². The van der Waals surface area contributed by atoms with Gasteiger partial charge in [-0.1, -0.05) is 11.6 Å². The summed E-state index contributed by atoms with van der Waals surface area (Å²) in [5.74, 6) is -0.561. The Balaban J connectivity index is 1.58. The van der Waals surface area contributed by atoms with E-state index in [0.717, 1.165) is 25.0 Å². The normalized spacial score (nSPS) is 16.1. The van der Waals surface area contributed by atoms with Gasteiger partial charge >= 0.3 is 6.18 Å². The largest absolute Gasteiger partial charge is 0.467 e. The molecule has 2 aromatic rings. The summed E-state index contributed by atoms with van der Waals surface area (Å²) in [6.45, 7) is 0.900. The topological polar surface area (TPSA) is 81.0 Å². The molecule has 3 rings (SSSR count). The lowest BCUT2D eigenvalue weighted by Gasteiger charge is -2.22. The Morgan fingerprint density at radius 3 is 2.76 bits per heavy atom. The molecule has 1 unspecified atom stereocenters. The molecule has 1 atom stereocenters. The minimum Gasteiger partial charge on any atom is -0.467 e. The number of halogens is 4. The molecule has 11 heteroatoms. The number of anilines is 1. The summed E-state index contributed by atoms with van der Waals surface area (Å²) in [5, 5.41) is 1.91. The molecule has 1 N–H and O–H groups in total. The van der Waals surface area contributed by atoms with Gasteiger partial charge < -0.3 is 24.1 Å². The van der Waals surface area contributed by atoms with Gasteiger partial charge in [0.25, 0.3) is 0 Å². The maximum atomic E-state index is 13.1. The van der Waals surface area contributed by atoms with E-state index in [1.807, 2.05) is 0 Å². The molecule has 33 heavy (non-hydrogen) atoms. The number of benzene rings is 1. The molecule has 0 bridgehead atoms. The van der Waals surface area contributed by atoms with E-state index in [1.54, 1.807) is 12.1 Å². The first-order valence-corrected chi connectivity index (χ1v) is 10.8. The van der Waals surface area contributed by atoms with E-state index < -0.39 is 22.7 Å². The first-order chi connectivity index (χ1) is 15.7. The van der Waals surface area contributed by atoms with Crippen LogP contribution in [-0.2, 0) is 31.8 Å². The highest BCUT2D eigenvalue weighted by molar-refractivity contribution is 6.31. The Labute approximate surface area is 193 Å². The van der Waals surface area contributed by atoms with Crippen LogP contribution in [0, 0.1) is 0 Å². The predicted molar refractivity (Wildman–Crippen MR) is 114 cm³/mol. The van der Waals surface area contributed by atoms with E-state index in [4.69, 9.17) is 25.5 Å². The fourth-order valence-corrected chi connectivity index (χ4v) is 3.55. The Kier molecular flexibility index (Phi) is 8.76. The number of carbonyl (C=O) groups excluding carboxylic acids is 2. The summed E-state index contributed by atoms with van der Waals surface area (Å²) >= 11 is 5.61. The number of ether oxygens (including phenoxy) is 2. The highest BCUT2D eigenvalue weighted by Gasteiger charge is 2.33. The second-order valence-corrected chi connectivity index (χ2v) is 7.94. The van der Waals surface area contributed by atoms with E-state index in [2.05, 4.69) is 5.32 Å². The van der Waals surface area contributed by atoms with Gasteiger partial charge in [-0.2, -0.15) is 13.2 Å². The fraction of sp³-hybridized carbons (Fsp3) is 0.455. The highest BCUT2D eigenvalue weighted by Crippen LogP contribution is 2.36. The number of nitrogens with one attached hydrogen (secondary N) is 1. The van der Waals surface area contributed by atoms with Gasteiger partial charge in [0.05, 0.1) is 49.1 Å². The molecule has 2 amide bonds. The van der Waals surface area contributed by atoms with E-state index in [9.17, 15) is 22.8 Å². The van der Waals surface area contributed by atoms with Crippen LogP contribution in [0.3, 0.4) is 0 Å². The quantitative estimate of drug-likeness (QED) is 0.498. The third kappa shape index (κ3) is 7.76. The van der Waals surface area contributed by atoms with Crippen LogP contribution in [-0.4, -0.2) is 49.2 Å². The third-order valence-electron chi connectivity index (χ3n) is 4.96. The summed E-state index contributed by atoms with van der Waals surface area (Å²) in [6, 6.07) is 6.36. The molecule has 2 heterocycles.